The van der Waals surface area contributed by atoms with Crippen LogP contribution in [0.4, 0.5) is 0 Å². The van der Waals surface area contributed by atoms with Crippen LogP contribution in [0.1, 0.15) is 66.7 Å². The van der Waals surface area contributed by atoms with Crippen molar-refractivity contribution in [1.82, 2.24) is 0 Å². The lowest BCUT2D eigenvalue weighted by atomic mass is 10.1. The Morgan fingerprint density at radius 2 is 1.00 bits per heavy atom. The second-order valence-electron chi connectivity index (χ2n) is 7.23. The van der Waals surface area contributed by atoms with Crippen molar-refractivity contribution in [1.29, 1.82) is 0 Å². The van der Waals surface area contributed by atoms with Crippen LogP contribution in [0, 0.1) is 0 Å². The standard InChI is InChI=1S/C25H30N2O2/c1-20(18-24(28)22-12-6-3-7-13-22)26-16-10-5-11-17-27-21(2)19-25(29)23-14-8-4-9-15-23/h3-4,6-9,12-15H,5,10-11,16-19H2,1-2H3. The molecule has 4 heteroatoms. The molecule has 152 valence electrons. The second-order valence-corrected chi connectivity index (χ2v) is 7.23. The minimum Gasteiger partial charge on any atom is -0.294 e. The number of hydrogen-bond donors (Lipinski definition) is 0. The van der Waals surface area contributed by atoms with Crippen molar-refractivity contribution in [3.8, 4) is 0 Å². The molecule has 2 rings (SSSR count). The van der Waals surface area contributed by atoms with E-state index in [1.807, 2.05) is 74.5 Å². The van der Waals surface area contributed by atoms with Gasteiger partial charge in [-0.25, -0.2) is 0 Å². The van der Waals surface area contributed by atoms with Crippen LogP contribution in [0.3, 0.4) is 0 Å². The number of hydrogen-bond acceptors (Lipinski definition) is 4. The van der Waals surface area contributed by atoms with Crippen molar-refractivity contribution < 1.29 is 9.59 Å². The predicted octanol–water partition coefficient (Wildman–Crippen LogP) is 5.62. The van der Waals surface area contributed by atoms with Crippen molar-refractivity contribution in [2.24, 2.45) is 9.98 Å². The number of nitrogens with zero attached hydrogens (tertiary/aromatic N) is 2. The van der Waals surface area contributed by atoms with Crippen LogP contribution in [0.15, 0.2) is 70.6 Å². The molecule has 2 aromatic rings. The first kappa shape index (κ1) is 22.4. The molecular formula is C25H30N2O2. The summed E-state index contributed by atoms with van der Waals surface area (Å²) in [6.07, 6.45) is 3.75. The number of Topliss-reactive ketones (excluding diaryl/α,β-unsaturated/α-hetero) is 2. The van der Waals surface area contributed by atoms with Gasteiger partial charge in [0.2, 0.25) is 0 Å². The lowest BCUT2D eigenvalue weighted by Gasteiger charge is -2.03. The highest BCUT2D eigenvalue weighted by Gasteiger charge is 2.07. The summed E-state index contributed by atoms with van der Waals surface area (Å²) in [5.41, 5.74) is 3.24. The van der Waals surface area contributed by atoms with Gasteiger partial charge < -0.3 is 0 Å². The lowest BCUT2D eigenvalue weighted by molar-refractivity contribution is 0.0992. The van der Waals surface area contributed by atoms with E-state index < -0.39 is 0 Å². The monoisotopic (exact) mass is 390 g/mol. The van der Waals surface area contributed by atoms with Gasteiger partial charge in [0.05, 0.1) is 0 Å². The molecule has 0 atom stereocenters. The van der Waals surface area contributed by atoms with E-state index in [0.29, 0.717) is 12.8 Å². The summed E-state index contributed by atoms with van der Waals surface area (Å²) in [5.74, 6) is 0.225. The van der Waals surface area contributed by atoms with Crippen molar-refractivity contribution in [3.63, 3.8) is 0 Å². The second kappa shape index (κ2) is 12.6. The Balaban J connectivity index is 1.60. The number of carbonyl (C=O) groups is 2. The molecule has 0 fully saturated rings. The average Bonchev–Trinajstić information content (AvgIpc) is 2.74. The topological polar surface area (TPSA) is 58.9 Å². The molecule has 0 aromatic heterocycles. The van der Waals surface area contributed by atoms with E-state index in [9.17, 15) is 9.59 Å². The fraction of sp³-hybridized carbons (Fsp3) is 0.360. The highest BCUT2D eigenvalue weighted by molar-refractivity contribution is 6.09. The largest absolute Gasteiger partial charge is 0.294 e. The molecule has 0 aliphatic carbocycles. The zero-order chi connectivity index (χ0) is 20.9. The predicted molar refractivity (Wildman–Crippen MR) is 121 cm³/mol. The summed E-state index contributed by atoms with van der Waals surface area (Å²) in [4.78, 5) is 33.3. The van der Waals surface area contributed by atoms with Gasteiger partial charge in [-0.1, -0.05) is 60.7 Å². The number of ketones is 2. The molecule has 29 heavy (non-hydrogen) atoms. The van der Waals surface area contributed by atoms with Crippen LogP contribution in [0.5, 0.6) is 0 Å². The minimum atomic E-state index is 0.113. The maximum Gasteiger partial charge on any atom is 0.168 e. The van der Waals surface area contributed by atoms with Crippen molar-refractivity contribution >= 4 is 23.0 Å². The van der Waals surface area contributed by atoms with Gasteiger partial charge in [-0.3, -0.25) is 19.6 Å². The lowest BCUT2D eigenvalue weighted by Crippen LogP contribution is -2.06. The van der Waals surface area contributed by atoms with Gasteiger partial charge in [-0.05, 0) is 33.1 Å². The fourth-order valence-corrected chi connectivity index (χ4v) is 2.97. The van der Waals surface area contributed by atoms with E-state index in [1.165, 1.54) is 0 Å². The van der Waals surface area contributed by atoms with Crippen LogP contribution < -0.4 is 0 Å². The van der Waals surface area contributed by atoms with Crippen LogP contribution >= 0.6 is 0 Å². The Hall–Kier alpha value is -2.88. The molecule has 0 aliphatic rings. The molecule has 0 aliphatic heterocycles. The van der Waals surface area contributed by atoms with Gasteiger partial charge in [0.25, 0.3) is 0 Å². The quantitative estimate of drug-likeness (QED) is 0.268. The number of carbonyl (C=O) groups excluding carboxylic acids is 2. The molecule has 0 bridgehead atoms. The zero-order valence-electron chi connectivity index (χ0n) is 17.4. The zero-order valence-corrected chi connectivity index (χ0v) is 17.4. The molecular weight excluding hydrogens is 360 g/mol. The highest BCUT2D eigenvalue weighted by atomic mass is 16.1. The molecule has 0 amide bonds. The molecule has 0 spiro atoms. The Bertz CT molecular complexity index is 768. The van der Waals surface area contributed by atoms with Gasteiger partial charge in [-0.15, -0.1) is 0 Å². The summed E-state index contributed by atoms with van der Waals surface area (Å²) in [6, 6.07) is 18.7. The molecule has 0 N–H and O–H groups in total. The number of rotatable bonds is 12. The first-order chi connectivity index (χ1) is 14.1. The summed E-state index contributed by atoms with van der Waals surface area (Å²) in [7, 11) is 0. The summed E-state index contributed by atoms with van der Waals surface area (Å²) in [6.45, 7) is 5.31. The van der Waals surface area contributed by atoms with E-state index in [1.54, 1.807) is 0 Å². The van der Waals surface area contributed by atoms with Gasteiger partial charge in [0, 0.05) is 48.5 Å². The van der Waals surface area contributed by atoms with Gasteiger partial charge in [0.1, 0.15) is 0 Å². The Kier molecular flexibility index (Phi) is 9.70. The van der Waals surface area contributed by atoms with Crippen LogP contribution in [-0.2, 0) is 0 Å². The van der Waals surface area contributed by atoms with Gasteiger partial charge in [-0.2, -0.15) is 0 Å². The third kappa shape index (κ3) is 8.77. The first-order valence-electron chi connectivity index (χ1n) is 10.2. The SMILES string of the molecule is CC(CC(=O)c1ccccc1)=NCCCCCN=C(C)CC(=O)c1ccccc1. The van der Waals surface area contributed by atoms with E-state index in [2.05, 4.69) is 9.98 Å². The molecule has 2 aromatic carbocycles. The summed E-state index contributed by atoms with van der Waals surface area (Å²) >= 11 is 0. The molecule has 0 saturated carbocycles. The van der Waals surface area contributed by atoms with Crippen molar-refractivity contribution in [2.75, 3.05) is 13.1 Å². The minimum absolute atomic E-state index is 0.113. The first-order valence-corrected chi connectivity index (χ1v) is 10.2. The van der Waals surface area contributed by atoms with E-state index in [4.69, 9.17) is 0 Å². The highest BCUT2D eigenvalue weighted by Crippen LogP contribution is 2.06. The average molecular weight is 391 g/mol. The maximum absolute atomic E-state index is 12.1. The molecule has 0 saturated heterocycles. The molecule has 4 nitrogen and oxygen atoms in total. The third-order valence-electron chi connectivity index (χ3n) is 4.60. The number of aliphatic imine (C=N–C) groups is 2. The van der Waals surface area contributed by atoms with Crippen LogP contribution in [0.25, 0.3) is 0 Å². The normalized spacial score (nSPS) is 12.1. The summed E-state index contributed by atoms with van der Waals surface area (Å²) in [5, 5.41) is 0. The maximum atomic E-state index is 12.1. The van der Waals surface area contributed by atoms with Gasteiger partial charge in [0.15, 0.2) is 11.6 Å². The Morgan fingerprint density at radius 3 is 1.38 bits per heavy atom. The van der Waals surface area contributed by atoms with Crippen molar-refractivity contribution in [3.05, 3.63) is 71.8 Å². The Morgan fingerprint density at radius 1 is 0.621 bits per heavy atom. The van der Waals surface area contributed by atoms with Crippen LogP contribution in [0.2, 0.25) is 0 Å². The molecule has 0 heterocycles. The smallest absolute Gasteiger partial charge is 0.168 e. The third-order valence-corrected chi connectivity index (χ3v) is 4.60. The fourth-order valence-electron chi connectivity index (χ4n) is 2.97. The van der Waals surface area contributed by atoms with E-state index in [-0.39, 0.29) is 11.6 Å². The molecule has 0 unspecified atom stereocenters. The molecule has 0 radical (unpaired) electrons. The van der Waals surface area contributed by atoms with E-state index in [0.717, 1.165) is 54.9 Å². The Labute approximate surface area is 173 Å². The summed E-state index contributed by atoms with van der Waals surface area (Å²) < 4.78 is 0. The number of unbranched alkanes of at least 4 members (excludes halogenated alkanes) is 2. The van der Waals surface area contributed by atoms with Crippen LogP contribution in [-0.4, -0.2) is 36.1 Å². The van der Waals surface area contributed by atoms with E-state index >= 15 is 0 Å². The number of benzene rings is 2. The van der Waals surface area contributed by atoms with Crippen molar-refractivity contribution in [2.45, 2.75) is 46.0 Å². The van der Waals surface area contributed by atoms with Gasteiger partial charge >= 0.3 is 0 Å².